The lowest BCUT2D eigenvalue weighted by molar-refractivity contribution is 0.120. The molecule has 4 rings (SSSR count). The monoisotopic (exact) mass is 382 g/mol. The lowest BCUT2D eigenvalue weighted by atomic mass is 10.1. The van der Waals surface area contributed by atoms with Crippen molar-refractivity contribution in [3.63, 3.8) is 0 Å². The van der Waals surface area contributed by atoms with E-state index in [1.807, 2.05) is 6.92 Å². The molecule has 0 unspecified atom stereocenters. The van der Waals surface area contributed by atoms with Crippen LogP contribution in [0.1, 0.15) is 27.7 Å². The van der Waals surface area contributed by atoms with Gasteiger partial charge in [-0.05, 0) is 32.9 Å². The first-order chi connectivity index (χ1) is 13.1. The third kappa shape index (κ3) is 4.46. The van der Waals surface area contributed by atoms with Gasteiger partial charge in [-0.3, -0.25) is 9.80 Å². The van der Waals surface area contributed by atoms with Gasteiger partial charge in [-0.1, -0.05) is 17.7 Å². The largest absolute Gasteiger partial charge is 0.441 e. The molecule has 6 heteroatoms. The highest BCUT2D eigenvalue weighted by atomic mass is 32.1. The average Bonchev–Trinajstić information content (AvgIpc) is 3.23. The van der Waals surface area contributed by atoms with E-state index < -0.39 is 0 Å². The van der Waals surface area contributed by atoms with Gasteiger partial charge in [0.2, 0.25) is 5.89 Å². The van der Waals surface area contributed by atoms with Gasteiger partial charge in [-0.2, -0.15) is 0 Å². The predicted molar refractivity (Wildman–Crippen MR) is 109 cm³/mol. The predicted octanol–water partition coefficient (Wildman–Crippen LogP) is 4.04. The molecule has 0 N–H and O–H groups in total. The molecule has 1 fully saturated rings. The van der Waals surface area contributed by atoms with E-state index >= 15 is 0 Å². The van der Waals surface area contributed by atoms with Crippen LogP contribution in [-0.2, 0) is 13.1 Å². The quantitative estimate of drug-likeness (QED) is 0.666. The van der Waals surface area contributed by atoms with Gasteiger partial charge in [0.05, 0.1) is 16.4 Å². The van der Waals surface area contributed by atoms with Gasteiger partial charge in [0, 0.05) is 50.2 Å². The van der Waals surface area contributed by atoms with Crippen LogP contribution >= 0.6 is 11.3 Å². The Labute approximate surface area is 164 Å². The molecule has 5 nitrogen and oxygen atoms in total. The molecule has 0 spiro atoms. The molecule has 0 aliphatic carbocycles. The van der Waals surface area contributed by atoms with E-state index in [1.54, 1.807) is 11.3 Å². The van der Waals surface area contributed by atoms with Crippen molar-refractivity contribution in [2.45, 2.75) is 33.9 Å². The van der Waals surface area contributed by atoms with Gasteiger partial charge in [-0.15, -0.1) is 11.3 Å². The van der Waals surface area contributed by atoms with E-state index in [-0.39, 0.29) is 0 Å². The second-order valence-electron chi connectivity index (χ2n) is 7.30. The van der Waals surface area contributed by atoms with Crippen molar-refractivity contribution in [2.75, 3.05) is 26.2 Å². The number of aryl methyl sites for hydroxylation is 3. The van der Waals surface area contributed by atoms with E-state index in [1.165, 1.54) is 11.3 Å². The number of rotatable bonds is 5. The average molecular weight is 383 g/mol. The van der Waals surface area contributed by atoms with Crippen LogP contribution in [0.25, 0.3) is 11.5 Å². The first kappa shape index (κ1) is 18.3. The summed E-state index contributed by atoms with van der Waals surface area (Å²) in [7, 11) is 0. The normalized spacial score (nSPS) is 16.1. The highest BCUT2D eigenvalue weighted by Crippen LogP contribution is 2.23. The van der Waals surface area contributed by atoms with Crippen LogP contribution in [-0.4, -0.2) is 45.9 Å². The highest BCUT2D eigenvalue weighted by molar-refractivity contribution is 7.09. The third-order valence-corrected chi connectivity index (χ3v) is 5.90. The molecule has 0 amide bonds. The Morgan fingerprint density at radius 3 is 2.22 bits per heavy atom. The molecule has 2 aromatic heterocycles. The molecule has 27 heavy (non-hydrogen) atoms. The second kappa shape index (κ2) is 7.92. The number of nitrogens with zero attached hydrogens (tertiary/aromatic N) is 4. The fraction of sp³-hybridized carbons (Fsp3) is 0.429. The summed E-state index contributed by atoms with van der Waals surface area (Å²) >= 11 is 1.73. The summed E-state index contributed by atoms with van der Waals surface area (Å²) in [5.41, 5.74) is 4.53. The third-order valence-electron chi connectivity index (χ3n) is 5.08. The summed E-state index contributed by atoms with van der Waals surface area (Å²) < 4.78 is 5.93. The minimum absolute atomic E-state index is 0.722. The van der Waals surface area contributed by atoms with Crippen LogP contribution in [0.2, 0.25) is 0 Å². The number of aromatic nitrogens is 2. The molecule has 142 valence electrons. The minimum Gasteiger partial charge on any atom is -0.441 e. The van der Waals surface area contributed by atoms with Crippen LogP contribution in [0, 0.1) is 20.8 Å². The maximum atomic E-state index is 5.93. The lowest BCUT2D eigenvalue weighted by Crippen LogP contribution is -2.45. The molecule has 1 aliphatic heterocycles. The zero-order valence-electron chi connectivity index (χ0n) is 16.2. The fourth-order valence-corrected chi connectivity index (χ4v) is 4.03. The summed E-state index contributed by atoms with van der Waals surface area (Å²) in [5, 5.41) is 3.32. The Bertz CT molecular complexity index is 891. The summed E-state index contributed by atoms with van der Waals surface area (Å²) in [6, 6.07) is 8.34. The molecular formula is C21H26N4OS. The fourth-order valence-electron chi connectivity index (χ4n) is 3.42. The summed E-state index contributed by atoms with van der Waals surface area (Å²) in [5.74, 6) is 1.64. The van der Waals surface area contributed by atoms with Crippen molar-refractivity contribution in [1.29, 1.82) is 0 Å². The Kier molecular flexibility index (Phi) is 5.38. The second-order valence-corrected chi connectivity index (χ2v) is 8.36. The topological polar surface area (TPSA) is 45.4 Å². The highest BCUT2D eigenvalue weighted by Gasteiger charge is 2.20. The zero-order chi connectivity index (χ0) is 18.8. The van der Waals surface area contributed by atoms with Crippen LogP contribution in [0.4, 0.5) is 0 Å². The van der Waals surface area contributed by atoms with Gasteiger partial charge in [0.25, 0.3) is 0 Å². The van der Waals surface area contributed by atoms with Crippen molar-refractivity contribution in [1.82, 2.24) is 19.8 Å². The Hall–Kier alpha value is -2.02. The van der Waals surface area contributed by atoms with Crippen LogP contribution in [0.15, 0.2) is 34.1 Å². The maximum Gasteiger partial charge on any atom is 0.226 e. The number of oxazole rings is 1. The molecular weight excluding hydrogens is 356 g/mol. The molecule has 0 bridgehead atoms. The Morgan fingerprint density at radius 1 is 0.926 bits per heavy atom. The number of hydrogen-bond acceptors (Lipinski definition) is 6. The van der Waals surface area contributed by atoms with E-state index in [9.17, 15) is 0 Å². The smallest absolute Gasteiger partial charge is 0.226 e. The van der Waals surface area contributed by atoms with Gasteiger partial charge < -0.3 is 4.42 Å². The minimum atomic E-state index is 0.722. The molecule has 3 aromatic rings. The summed E-state index contributed by atoms with van der Waals surface area (Å²) in [4.78, 5) is 14.3. The first-order valence-electron chi connectivity index (χ1n) is 9.46. The number of hydrogen-bond donors (Lipinski definition) is 0. The molecule has 1 aliphatic rings. The van der Waals surface area contributed by atoms with Crippen LogP contribution in [0.3, 0.4) is 0 Å². The summed E-state index contributed by atoms with van der Waals surface area (Å²) in [6.45, 7) is 12.2. The van der Waals surface area contributed by atoms with E-state index in [0.29, 0.717) is 0 Å². The lowest BCUT2D eigenvalue weighted by Gasteiger charge is -2.33. The molecule has 1 saturated heterocycles. The van der Waals surface area contributed by atoms with Gasteiger partial charge in [0.15, 0.2) is 0 Å². The Morgan fingerprint density at radius 2 is 1.59 bits per heavy atom. The van der Waals surface area contributed by atoms with E-state index in [2.05, 4.69) is 58.3 Å². The van der Waals surface area contributed by atoms with Crippen molar-refractivity contribution < 1.29 is 4.42 Å². The molecule has 3 heterocycles. The van der Waals surface area contributed by atoms with Crippen molar-refractivity contribution in [3.05, 3.63) is 57.4 Å². The number of benzene rings is 1. The molecule has 1 aromatic carbocycles. The van der Waals surface area contributed by atoms with Crippen molar-refractivity contribution in [3.8, 4) is 11.5 Å². The molecule has 0 saturated carbocycles. The SMILES string of the molecule is Cc1ccc(-c2nc(CN3CCN(Cc4csc(C)n4)CC3)c(C)o2)cc1. The first-order valence-corrected chi connectivity index (χ1v) is 10.3. The zero-order valence-corrected chi connectivity index (χ0v) is 17.1. The van der Waals surface area contributed by atoms with Crippen LogP contribution in [0.5, 0.6) is 0 Å². The van der Waals surface area contributed by atoms with Gasteiger partial charge >= 0.3 is 0 Å². The van der Waals surface area contributed by atoms with Crippen molar-refractivity contribution >= 4 is 11.3 Å². The van der Waals surface area contributed by atoms with Gasteiger partial charge in [0.1, 0.15) is 5.76 Å². The Balaban J connectivity index is 1.34. The standard InChI is InChI=1S/C21H26N4OS/c1-15-4-6-18(7-5-15)21-23-20(16(2)26-21)13-25-10-8-24(9-11-25)12-19-14-27-17(3)22-19/h4-7,14H,8-13H2,1-3H3. The van der Waals surface area contributed by atoms with E-state index in [4.69, 9.17) is 9.40 Å². The van der Waals surface area contributed by atoms with E-state index in [0.717, 1.165) is 67.2 Å². The van der Waals surface area contributed by atoms with Crippen molar-refractivity contribution in [2.24, 2.45) is 0 Å². The number of piperazine rings is 1. The summed E-state index contributed by atoms with van der Waals surface area (Å²) in [6.07, 6.45) is 0. The number of thiazole rings is 1. The van der Waals surface area contributed by atoms with Gasteiger partial charge in [-0.25, -0.2) is 9.97 Å². The molecule has 0 atom stereocenters. The molecule has 0 radical (unpaired) electrons. The maximum absolute atomic E-state index is 5.93. The van der Waals surface area contributed by atoms with Crippen LogP contribution < -0.4 is 0 Å².